The lowest BCUT2D eigenvalue weighted by Gasteiger charge is -2.37. The zero-order valence-corrected chi connectivity index (χ0v) is 18.9. The number of piperazine rings is 1. The third-order valence-corrected chi connectivity index (χ3v) is 7.59. The third kappa shape index (κ3) is 3.67. The number of hydrogen-bond donors (Lipinski definition) is 0. The first-order valence-electron chi connectivity index (χ1n) is 10.4. The lowest BCUT2D eigenvalue weighted by Crippen LogP contribution is -2.49. The summed E-state index contributed by atoms with van der Waals surface area (Å²) in [6, 6.07) is 11.6. The van der Waals surface area contributed by atoms with E-state index in [1.165, 1.54) is 27.4 Å². The number of hydrogen-bond acceptors (Lipinski definition) is 4. The van der Waals surface area contributed by atoms with Crippen LogP contribution in [0.15, 0.2) is 36.4 Å². The fraction of sp³-hybridized carbons (Fsp3) is 0.435. The Balaban J connectivity index is 1.48. The standard InChI is InChI=1S/C23H29N3O3S/c1-16-6-5-7-21(18(16)3)24-10-12-25(13-11-24)23(27)19-8-9-22-20(15-19)14-17(2)26(22)30(4,28)29/h5-9,15,17H,10-14H2,1-4H3. The summed E-state index contributed by atoms with van der Waals surface area (Å²) in [4.78, 5) is 17.3. The van der Waals surface area contributed by atoms with Crippen LogP contribution in [0.4, 0.5) is 11.4 Å². The van der Waals surface area contributed by atoms with Gasteiger partial charge < -0.3 is 9.80 Å². The van der Waals surface area contributed by atoms with E-state index in [4.69, 9.17) is 0 Å². The van der Waals surface area contributed by atoms with E-state index in [0.29, 0.717) is 30.8 Å². The van der Waals surface area contributed by atoms with Gasteiger partial charge in [-0.2, -0.15) is 0 Å². The highest BCUT2D eigenvalue weighted by molar-refractivity contribution is 7.92. The predicted octanol–water partition coefficient (Wildman–Crippen LogP) is 2.98. The molecule has 0 radical (unpaired) electrons. The average molecular weight is 428 g/mol. The normalized spacial score (nSPS) is 19.2. The van der Waals surface area contributed by atoms with Crippen molar-refractivity contribution in [1.29, 1.82) is 0 Å². The molecule has 1 fully saturated rings. The van der Waals surface area contributed by atoms with Crippen molar-refractivity contribution in [3.8, 4) is 0 Å². The molecule has 2 heterocycles. The maximum atomic E-state index is 13.1. The number of anilines is 2. The molecule has 6 nitrogen and oxygen atoms in total. The van der Waals surface area contributed by atoms with Crippen LogP contribution < -0.4 is 9.21 Å². The Kier molecular flexibility index (Phi) is 5.26. The number of amides is 1. The topological polar surface area (TPSA) is 60.9 Å². The molecule has 2 aromatic carbocycles. The minimum atomic E-state index is -3.33. The summed E-state index contributed by atoms with van der Waals surface area (Å²) in [5.74, 6) is 0.0175. The molecular formula is C23H29N3O3S. The highest BCUT2D eigenvalue weighted by Crippen LogP contribution is 2.35. The number of sulfonamides is 1. The van der Waals surface area contributed by atoms with E-state index in [1.807, 2.05) is 17.9 Å². The minimum Gasteiger partial charge on any atom is -0.368 e. The second-order valence-electron chi connectivity index (χ2n) is 8.45. The van der Waals surface area contributed by atoms with Crippen molar-refractivity contribution >= 4 is 27.3 Å². The van der Waals surface area contributed by atoms with Crippen LogP contribution in [0.2, 0.25) is 0 Å². The van der Waals surface area contributed by atoms with E-state index in [0.717, 1.165) is 18.7 Å². The first-order chi connectivity index (χ1) is 14.2. The van der Waals surface area contributed by atoms with Gasteiger partial charge in [-0.1, -0.05) is 12.1 Å². The van der Waals surface area contributed by atoms with Crippen LogP contribution in [0.5, 0.6) is 0 Å². The molecule has 7 heteroatoms. The van der Waals surface area contributed by atoms with Crippen molar-refractivity contribution in [2.24, 2.45) is 0 Å². The number of nitrogens with zero attached hydrogens (tertiary/aromatic N) is 3. The Hall–Kier alpha value is -2.54. The molecule has 0 aromatic heterocycles. The summed E-state index contributed by atoms with van der Waals surface area (Å²) in [5.41, 5.74) is 6.07. The van der Waals surface area contributed by atoms with E-state index in [2.05, 4.69) is 36.9 Å². The van der Waals surface area contributed by atoms with Gasteiger partial charge >= 0.3 is 0 Å². The number of fused-ring (bicyclic) bond motifs is 1. The second-order valence-corrected chi connectivity index (χ2v) is 10.3. The molecule has 0 spiro atoms. The molecule has 0 bridgehead atoms. The summed E-state index contributed by atoms with van der Waals surface area (Å²) in [6.07, 6.45) is 1.86. The SMILES string of the molecule is Cc1cccc(N2CCN(C(=O)c3ccc4c(c3)CC(C)N4S(C)(=O)=O)CC2)c1C. The van der Waals surface area contributed by atoms with Crippen molar-refractivity contribution in [2.45, 2.75) is 33.2 Å². The summed E-state index contributed by atoms with van der Waals surface area (Å²) in [7, 11) is -3.33. The van der Waals surface area contributed by atoms with Crippen LogP contribution in [0, 0.1) is 13.8 Å². The molecule has 2 aliphatic rings. The van der Waals surface area contributed by atoms with Crippen LogP contribution in [-0.2, 0) is 16.4 Å². The highest BCUT2D eigenvalue weighted by Gasteiger charge is 2.33. The minimum absolute atomic E-state index is 0.0175. The van der Waals surface area contributed by atoms with Gasteiger partial charge in [0.2, 0.25) is 10.0 Å². The maximum Gasteiger partial charge on any atom is 0.253 e. The molecule has 1 saturated heterocycles. The van der Waals surface area contributed by atoms with Gasteiger partial charge in [-0.25, -0.2) is 8.42 Å². The summed E-state index contributed by atoms with van der Waals surface area (Å²) in [6.45, 7) is 9.13. The van der Waals surface area contributed by atoms with Crippen LogP contribution in [0.3, 0.4) is 0 Å². The monoisotopic (exact) mass is 427 g/mol. The first kappa shape index (κ1) is 20.7. The van der Waals surface area contributed by atoms with Crippen molar-refractivity contribution in [3.63, 3.8) is 0 Å². The van der Waals surface area contributed by atoms with E-state index in [9.17, 15) is 13.2 Å². The third-order valence-electron chi connectivity index (χ3n) is 6.32. The van der Waals surface area contributed by atoms with Gasteiger partial charge in [-0.15, -0.1) is 0 Å². The second kappa shape index (κ2) is 7.61. The van der Waals surface area contributed by atoms with Gasteiger partial charge in [0.05, 0.1) is 11.9 Å². The molecule has 0 aliphatic carbocycles. The fourth-order valence-corrected chi connectivity index (χ4v) is 5.92. The molecule has 160 valence electrons. The van der Waals surface area contributed by atoms with Gasteiger partial charge in [0, 0.05) is 43.5 Å². The Labute approximate surface area is 179 Å². The molecule has 2 aromatic rings. The largest absolute Gasteiger partial charge is 0.368 e. The Bertz CT molecular complexity index is 1090. The molecule has 0 N–H and O–H groups in total. The Morgan fingerprint density at radius 1 is 1.00 bits per heavy atom. The number of carbonyl (C=O) groups excluding carboxylic acids is 1. The van der Waals surface area contributed by atoms with Gasteiger partial charge in [-0.3, -0.25) is 9.10 Å². The van der Waals surface area contributed by atoms with Gasteiger partial charge in [0.15, 0.2) is 0 Å². The van der Waals surface area contributed by atoms with E-state index in [1.54, 1.807) is 12.1 Å². The van der Waals surface area contributed by atoms with Crippen LogP contribution in [0.25, 0.3) is 0 Å². The molecule has 2 aliphatic heterocycles. The molecule has 1 unspecified atom stereocenters. The Morgan fingerprint density at radius 3 is 2.37 bits per heavy atom. The van der Waals surface area contributed by atoms with Crippen LogP contribution in [0.1, 0.15) is 34.0 Å². The first-order valence-corrected chi connectivity index (χ1v) is 12.2. The molecule has 30 heavy (non-hydrogen) atoms. The smallest absolute Gasteiger partial charge is 0.253 e. The molecule has 4 rings (SSSR count). The van der Waals surface area contributed by atoms with Gasteiger partial charge in [-0.05, 0) is 68.1 Å². The molecule has 0 saturated carbocycles. The van der Waals surface area contributed by atoms with Crippen LogP contribution >= 0.6 is 0 Å². The van der Waals surface area contributed by atoms with Crippen molar-refractivity contribution in [3.05, 3.63) is 58.7 Å². The fourth-order valence-electron chi connectivity index (χ4n) is 4.65. The highest BCUT2D eigenvalue weighted by atomic mass is 32.2. The number of benzene rings is 2. The predicted molar refractivity (Wildman–Crippen MR) is 121 cm³/mol. The zero-order valence-electron chi connectivity index (χ0n) is 18.1. The molecule has 1 amide bonds. The zero-order chi connectivity index (χ0) is 21.6. The van der Waals surface area contributed by atoms with Crippen molar-refractivity contribution < 1.29 is 13.2 Å². The molecular weight excluding hydrogens is 398 g/mol. The van der Waals surface area contributed by atoms with E-state index in [-0.39, 0.29) is 11.9 Å². The van der Waals surface area contributed by atoms with Gasteiger partial charge in [0.25, 0.3) is 5.91 Å². The van der Waals surface area contributed by atoms with Crippen molar-refractivity contribution in [2.75, 3.05) is 41.6 Å². The number of aryl methyl sites for hydroxylation is 1. The number of rotatable bonds is 3. The van der Waals surface area contributed by atoms with E-state index >= 15 is 0 Å². The van der Waals surface area contributed by atoms with Crippen molar-refractivity contribution in [1.82, 2.24) is 4.90 Å². The summed E-state index contributed by atoms with van der Waals surface area (Å²) >= 11 is 0. The molecule has 1 atom stereocenters. The van der Waals surface area contributed by atoms with Gasteiger partial charge in [0.1, 0.15) is 0 Å². The summed E-state index contributed by atoms with van der Waals surface area (Å²) in [5, 5.41) is 0. The lowest BCUT2D eigenvalue weighted by atomic mass is 10.0. The lowest BCUT2D eigenvalue weighted by molar-refractivity contribution is 0.0746. The average Bonchev–Trinajstić information content (AvgIpc) is 3.05. The van der Waals surface area contributed by atoms with E-state index < -0.39 is 10.0 Å². The maximum absolute atomic E-state index is 13.1. The summed E-state index contributed by atoms with van der Waals surface area (Å²) < 4.78 is 25.7. The van der Waals surface area contributed by atoms with Crippen LogP contribution in [-0.4, -0.2) is 57.7 Å². The number of carbonyl (C=O) groups is 1. The quantitative estimate of drug-likeness (QED) is 0.756. The Morgan fingerprint density at radius 2 is 1.70 bits per heavy atom.